The third kappa shape index (κ3) is 3.40. The summed E-state index contributed by atoms with van der Waals surface area (Å²) in [6.07, 6.45) is 0. The molecule has 2 N–H and O–H groups in total. The Morgan fingerprint density at radius 3 is 2.80 bits per heavy atom. The Balaban J connectivity index is 2.02. The Morgan fingerprint density at radius 2 is 2.20 bits per heavy atom. The van der Waals surface area contributed by atoms with Gasteiger partial charge in [-0.1, -0.05) is 0 Å². The number of carbonyl (C=O) groups excluding carboxylic acids is 1. The van der Waals surface area contributed by atoms with Crippen LogP contribution in [0.4, 0.5) is 4.39 Å². The van der Waals surface area contributed by atoms with Crippen LogP contribution in [0.5, 0.6) is 0 Å². The van der Waals surface area contributed by atoms with Crippen molar-refractivity contribution >= 4 is 39.1 Å². The van der Waals surface area contributed by atoms with Crippen LogP contribution in [0.1, 0.15) is 25.9 Å². The number of rotatable bonds is 4. The maximum atomic E-state index is 12.9. The van der Waals surface area contributed by atoms with E-state index in [9.17, 15) is 14.0 Å². The van der Waals surface area contributed by atoms with Crippen molar-refractivity contribution in [3.8, 4) is 0 Å². The van der Waals surface area contributed by atoms with Crippen molar-refractivity contribution in [2.45, 2.75) is 6.54 Å². The summed E-state index contributed by atoms with van der Waals surface area (Å²) in [5, 5.41) is 13.2. The molecule has 0 aliphatic heterocycles. The van der Waals surface area contributed by atoms with E-state index in [1.54, 1.807) is 0 Å². The lowest BCUT2D eigenvalue weighted by molar-refractivity contribution is 0.0691. The van der Waals surface area contributed by atoms with Gasteiger partial charge in [-0.05, 0) is 34.1 Å². The monoisotopic (exact) mass is 358 g/mol. The van der Waals surface area contributed by atoms with Gasteiger partial charge in [0.2, 0.25) is 0 Å². The van der Waals surface area contributed by atoms with Gasteiger partial charge in [0.25, 0.3) is 5.91 Å². The zero-order chi connectivity index (χ0) is 14.7. The van der Waals surface area contributed by atoms with Gasteiger partial charge in [-0.3, -0.25) is 4.79 Å². The van der Waals surface area contributed by atoms with Crippen LogP contribution in [0.25, 0.3) is 0 Å². The fourth-order valence-corrected chi connectivity index (χ4v) is 2.65. The van der Waals surface area contributed by atoms with Gasteiger partial charge >= 0.3 is 5.97 Å². The highest BCUT2D eigenvalue weighted by atomic mass is 79.9. The van der Waals surface area contributed by atoms with Gasteiger partial charge in [-0.25, -0.2) is 14.2 Å². The molecule has 2 rings (SSSR count). The molecule has 0 aliphatic carbocycles. The van der Waals surface area contributed by atoms with E-state index in [1.165, 1.54) is 23.6 Å². The number of benzene rings is 1. The number of nitrogens with zero attached hydrogens (tertiary/aromatic N) is 1. The van der Waals surface area contributed by atoms with Crippen LogP contribution in [0.15, 0.2) is 28.1 Å². The van der Waals surface area contributed by atoms with Crippen LogP contribution in [-0.2, 0) is 6.54 Å². The molecule has 0 saturated carbocycles. The van der Waals surface area contributed by atoms with E-state index >= 15 is 0 Å². The minimum Gasteiger partial charge on any atom is -0.476 e. The van der Waals surface area contributed by atoms with E-state index in [0.717, 1.165) is 11.3 Å². The molecule has 0 radical (unpaired) electrons. The number of hydrogen-bond donors (Lipinski definition) is 2. The van der Waals surface area contributed by atoms with Crippen LogP contribution in [0.2, 0.25) is 0 Å². The standard InChI is InChI=1S/C12H8BrFN2O3S/c13-8-3-6(14)1-2-7(8)11(17)15-4-10-16-9(5-20-10)12(18)19/h1-3,5H,4H2,(H,15,17)(H,18,19). The van der Waals surface area contributed by atoms with Crippen molar-refractivity contribution in [2.75, 3.05) is 0 Å². The zero-order valence-electron chi connectivity index (χ0n) is 9.89. The maximum absolute atomic E-state index is 12.9. The number of nitrogens with one attached hydrogen (secondary N) is 1. The van der Waals surface area contributed by atoms with Gasteiger partial charge < -0.3 is 10.4 Å². The summed E-state index contributed by atoms with van der Waals surface area (Å²) in [4.78, 5) is 26.4. The van der Waals surface area contributed by atoms with Crippen LogP contribution < -0.4 is 5.32 Å². The van der Waals surface area contributed by atoms with E-state index in [2.05, 4.69) is 26.2 Å². The zero-order valence-corrected chi connectivity index (χ0v) is 12.3. The molecule has 8 heteroatoms. The lowest BCUT2D eigenvalue weighted by Crippen LogP contribution is -2.23. The first-order chi connectivity index (χ1) is 9.47. The van der Waals surface area contributed by atoms with Crippen molar-refractivity contribution < 1.29 is 19.1 Å². The molecule has 1 amide bonds. The topological polar surface area (TPSA) is 79.3 Å². The van der Waals surface area contributed by atoms with Crippen LogP contribution >= 0.6 is 27.3 Å². The van der Waals surface area contributed by atoms with Gasteiger partial charge in [0.15, 0.2) is 5.69 Å². The average molecular weight is 359 g/mol. The van der Waals surface area contributed by atoms with E-state index in [0.29, 0.717) is 15.0 Å². The second-order valence-electron chi connectivity index (χ2n) is 3.74. The predicted octanol–water partition coefficient (Wildman–Crippen LogP) is 2.67. The predicted molar refractivity (Wildman–Crippen MR) is 74.3 cm³/mol. The molecule has 1 aromatic carbocycles. The number of halogens is 2. The molecule has 0 saturated heterocycles. The van der Waals surface area contributed by atoms with Crippen molar-refractivity contribution in [1.82, 2.24) is 10.3 Å². The van der Waals surface area contributed by atoms with E-state index in [-0.39, 0.29) is 12.2 Å². The fourth-order valence-electron chi connectivity index (χ4n) is 1.42. The fraction of sp³-hybridized carbons (Fsp3) is 0.0833. The minimum atomic E-state index is -1.11. The van der Waals surface area contributed by atoms with Gasteiger partial charge in [0.1, 0.15) is 10.8 Å². The normalized spacial score (nSPS) is 10.3. The highest BCUT2D eigenvalue weighted by Crippen LogP contribution is 2.18. The lowest BCUT2D eigenvalue weighted by Gasteiger charge is -2.05. The number of aromatic nitrogens is 1. The largest absolute Gasteiger partial charge is 0.476 e. The molecule has 20 heavy (non-hydrogen) atoms. The number of hydrogen-bond acceptors (Lipinski definition) is 4. The molecule has 0 fully saturated rings. The maximum Gasteiger partial charge on any atom is 0.355 e. The number of carboxylic acids is 1. The van der Waals surface area contributed by atoms with E-state index in [1.807, 2.05) is 0 Å². The summed E-state index contributed by atoms with van der Waals surface area (Å²) in [5.74, 6) is -1.96. The summed E-state index contributed by atoms with van der Waals surface area (Å²) in [6.45, 7) is 0.112. The molecule has 2 aromatic rings. The Kier molecular flexibility index (Phi) is 4.46. The molecule has 0 aliphatic rings. The molecule has 0 bridgehead atoms. The SMILES string of the molecule is O=C(O)c1csc(CNC(=O)c2ccc(F)cc2Br)n1. The van der Waals surface area contributed by atoms with Gasteiger partial charge in [0.05, 0.1) is 12.1 Å². The van der Waals surface area contributed by atoms with Crippen molar-refractivity contribution in [3.05, 3.63) is 50.1 Å². The third-order valence-electron chi connectivity index (χ3n) is 2.35. The Labute approximate surface area is 125 Å². The van der Waals surface area contributed by atoms with Crippen LogP contribution in [-0.4, -0.2) is 22.0 Å². The molecule has 5 nitrogen and oxygen atoms in total. The Bertz CT molecular complexity index is 674. The second-order valence-corrected chi connectivity index (χ2v) is 5.54. The molecule has 0 spiro atoms. The van der Waals surface area contributed by atoms with Crippen LogP contribution in [0.3, 0.4) is 0 Å². The molecule has 104 valence electrons. The molecule has 0 atom stereocenters. The van der Waals surface area contributed by atoms with Crippen molar-refractivity contribution in [3.63, 3.8) is 0 Å². The quantitative estimate of drug-likeness (QED) is 0.880. The Hall–Kier alpha value is -1.80. The highest BCUT2D eigenvalue weighted by molar-refractivity contribution is 9.10. The minimum absolute atomic E-state index is 0.0535. The first kappa shape index (κ1) is 14.6. The second kappa shape index (κ2) is 6.10. The summed E-state index contributed by atoms with van der Waals surface area (Å²) in [6, 6.07) is 3.74. The van der Waals surface area contributed by atoms with E-state index in [4.69, 9.17) is 5.11 Å². The first-order valence-electron chi connectivity index (χ1n) is 5.38. The molecule has 1 heterocycles. The number of thiazole rings is 1. The van der Waals surface area contributed by atoms with E-state index < -0.39 is 17.7 Å². The lowest BCUT2D eigenvalue weighted by atomic mass is 10.2. The highest BCUT2D eigenvalue weighted by Gasteiger charge is 2.12. The molecule has 1 aromatic heterocycles. The summed E-state index contributed by atoms with van der Waals surface area (Å²) < 4.78 is 13.3. The van der Waals surface area contributed by atoms with Crippen LogP contribution in [0, 0.1) is 5.82 Å². The molecular formula is C12H8BrFN2O3S. The summed E-state index contributed by atoms with van der Waals surface area (Å²) >= 11 is 4.25. The van der Waals surface area contributed by atoms with Gasteiger partial charge in [0, 0.05) is 9.85 Å². The van der Waals surface area contributed by atoms with Gasteiger partial charge in [-0.2, -0.15) is 0 Å². The number of amides is 1. The summed E-state index contributed by atoms with van der Waals surface area (Å²) in [7, 11) is 0. The number of aromatic carboxylic acids is 1. The van der Waals surface area contributed by atoms with Crippen molar-refractivity contribution in [1.29, 1.82) is 0 Å². The molecular weight excluding hydrogens is 351 g/mol. The summed E-state index contributed by atoms with van der Waals surface area (Å²) in [5.41, 5.74) is 0.239. The third-order valence-corrected chi connectivity index (χ3v) is 3.85. The molecule has 0 unspecified atom stereocenters. The Morgan fingerprint density at radius 1 is 1.45 bits per heavy atom. The smallest absolute Gasteiger partial charge is 0.355 e. The average Bonchev–Trinajstić information content (AvgIpc) is 2.85. The number of carbonyl (C=O) groups is 2. The first-order valence-corrected chi connectivity index (χ1v) is 7.05. The van der Waals surface area contributed by atoms with Crippen molar-refractivity contribution in [2.24, 2.45) is 0 Å². The number of carboxylic acid groups (broad SMARTS) is 1. The van der Waals surface area contributed by atoms with Gasteiger partial charge in [-0.15, -0.1) is 11.3 Å².